The fourth-order valence-corrected chi connectivity index (χ4v) is 2.53. The van der Waals surface area contributed by atoms with E-state index in [1.54, 1.807) is 6.07 Å². The first-order valence-electron chi connectivity index (χ1n) is 7.36. The molecule has 0 fully saturated rings. The summed E-state index contributed by atoms with van der Waals surface area (Å²) in [6.45, 7) is 0.516. The van der Waals surface area contributed by atoms with Gasteiger partial charge in [-0.3, -0.25) is 9.89 Å². The lowest BCUT2D eigenvalue weighted by molar-refractivity contribution is 0.0949. The molecule has 0 saturated carbocycles. The zero-order valence-corrected chi connectivity index (χ0v) is 13.2. The van der Waals surface area contributed by atoms with Crippen LogP contribution in [0.2, 0.25) is 5.02 Å². The smallest absolute Gasteiger partial charge is 0.269 e. The summed E-state index contributed by atoms with van der Waals surface area (Å²) in [5, 5.41) is 10.5. The van der Waals surface area contributed by atoms with Crippen LogP contribution in [0.4, 0.5) is 0 Å². The minimum Gasteiger partial charge on any atom is -0.350 e. The summed E-state index contributed by atoms with van der Waals surface area (Å²) in [4.78, 5) is 12.1. The van der Waals surface area contributed by atoms with E-state index in [9.17, 15) is 4.79 Å². The van der Waals surface area contributed by atoms with E-state index in [0.29, 0.717) is 18.7 Å². The van der Waals surface area contributed by atoms with E-state index < -0.39 is 0 Å². The lowest BCUT2D eigenvalue weighted by Gasteiger charge is -2.05. The van der Waals surface area contributed by atoms with Gasteiger partial charge >= 0.3 is 0 Å². The molecule has 0 aliphatic heterocycles. The molecule has 0 aliphatic rings. The number of H-pyrrole nitrogens is 1. The van der Waals surface area contributed by atoms with Gasteiger partial charge in [-0.25, -0.2) is 0 Å². The van der Waals surface area contributed by atoms with Crippen molar-refractivity contribution in [3.63, 3.8) is 0 Å². The number of aromatic amines is 1. The summed E-state index contributed by atoms with van der Waals surface area (Å²) in [6.07, 6.45) is 0.686. The van der Waals surface area contributed by atoms with Crippen molar-refractivity contribution in [3.05, 3.63) is 76.9 Å². The second-order valence-electron chi connectivity index (χ2n) is 5.13. The second-order valence-corrected chi connectivity index (χ2v) is 5.54. The fraction of sp³-hybridized carbons (Fsp3) is 0.111. The lowest BCUT2D eigenvalue weighted by Crippen LogP contribution is -2.26. The largest absolute Gasteiger partial charge is 0.350 e. The third-order valence-electron chi connectivity index (χ3n) is 3.53. The van der Waals surface area contributed by atoms with Gasteiger partial charge in [-0.15, -0.1) is 0 Å². The first-order chi connectivity index (χ1) is 11.2. The molecule has 0 radical (unpaired) electrons. The van der Waals surface area contributed by atoms with Gasteiger partial charge in [0.1, 0.15) is 5.69 Å². The number of nitrogens with one attached hydrogen (secondary N) is 2. The highest BCUT2D eigenvalue weighted by Crippen LogP contribution is 2.17. The van der Waals surface area contributed by atoms with Crippen molar-refractivity contribution in [2.75, 3.05) is 6.54 Å². The number of carbonyl (C=O) groups excluding carboxylic acids is 1. The summed E-state index contributed by atoms with van der Waals surface area (Å²) in [7, 11) is 0. The van der Waals surface area contributed by atoms with Crippen LogP contribution in [0.25, 0.3) is 11.3 Å². The standard InChI is InChI=1S/C18H16ClN3O/c19-15-9-5-4-6-13(15)10-11-20-18(23)17-12-16(21-22-17)14-7-2-1-3-8-14/h1-9,12H,10-11H2,(H,20,23)(H,21,22). The van der Waals surface area contributed by atoms with Gasteiger partial charge in [-0.1, -0.05) is 60.1 Å². The van der Waals surface area contributed by atoms with Crippen LogP contribution in [0.5, 0.6) is 0 Å². The molecule has 1 heterocycles. The molecule has 0 bridgehead atoms. The summed E-state index contributed by atoms with van der Waals surface area (Å²) < 4.78 is 0. The molecule has 0 saturated heterocycles. The molecule has 0 spiro atoms. The summed E-state index contributed by atoms with van der Waals surface area (Å²) >= 11 is 6.10. The Morgan fingerprint density at radius 3 is 2.61 bits per heavy atom. The van der Waals surface area contributed by atoms with Crippen LogP contribution in [0.3, 0.4) is 0 Å². The molecule has 2 N–H and O–H groups in total. The zero-order chi connectivity index (χ0) is 16.1. The maximum absolute atomic E-state index is 12.1. The SMILES string of the molecule is O=C(NCCc1ccccc1Cl)c1cc(-c2ccccc2)n[nH]1. The Morgan fingerprint density at radius 2 is 1.83 bits per heavy atom. The fourth-order valence-electron chi connectivity index (χ4n) is 2.30. The number of hydrogen-bond acceptors (Lipinski definition) is 2. The molecule has 2 aromatic carbocycles. The van der Waals surface area contributed by atoms with Crippen LogP contribution >= 0.6 is 11.6 Å². The summed E-state index contributed by atoms with van der Waals surface area (Å²) in [5.41, 5.74) is 3.19. The molecule has 5 heteroatoms. The molecule has 3 aromatic rings. The Labute approximate surface area is 139 Å². The van der Waals surface area contributed by atoms with E-state index in [-0.39, 0.29) is 5.91 Å². The number of amides is 1. The van der Waals surface area contributed by atoms with Gasteiger partial charge in [0.2, 0.25) is 0 Å². The van der Waals surface area contributed by atoms with E-state index >= 15 is 0 Å². The molecule has 4 nitrogen and oxygen atoms in total. The topological polar surface area (TPSA) is 57.8 Å². The molecule has 0 aliphatic carbocycles. The molecule has 0 unspecified atom stereocenters. The molecular formula is C18H16ClN3O. The normalized spacial score (nSPS) is 10.5. The third-order valence-corrected chi connectivity index (χ3v) is 3.90. The van der Waals surface area contributed by atoms with Gasteiger partial charge in [0, 0.05) is 17.1 Å². The number of halogens is 1. The van der Waals surface area contributed by atoms with E-state index in [0.717, 1.165) is 21.8 Å². The second kappa shape index (κ2) is 7.11. The predicted molar refractivity (Wildman–Crippen MR) is 91.5 cm³/mol. The van der Waals surface area contributed by atoms with Gasteiger partial charge in [0.15, 0.2) is 0 Å². The summed E-state index contributed by atoms with van der Waals surface area (Å²) in [5.74, 6) is -0.174. The molecular weight excluding hydrogens is 310 g/mol. The van der Waals surface area contributed by atoms with Gasteiger partial charge in [0.05, 0.1) is 5.69 Å². The van der Waals surface area contributed by atoms with Crippen LogP contribution in [-0.4, -0.2) is 22.6 Å². The monoisotopic (exact) mass is 325 g/mol. The van der Waals surface area contributed by atoms with Crippen molar-refractivity contribution in [2.45, 2.75) is 6.42 Å². The number of benzene rings is 2. The third kappa shape index (κ3) is 3.79. The van der Waals surface area contributed by atoms with Crippen molar-refractivity contribution in [2.24, 2.45) is 0 Å². The Morgan fingerprint density at radius 1 is 1.09 bits per heavy atom. The minimum atomic E-state index is -0.174. The van der Waals surface area contributed by atoms with Gasteiger partial charge in [-0.2, -0.15) is 5.10 Å². The number of carbonyl (C=O) groups is 1. The average Bonchev–Trinajstić information content (AvgIpc) is 3.07. The van der Waals surface area contributed by atoms with Crippen LogP contribution in [0, 0.1) is 0 Å². The maximum atomic E-state index is 12.1. The highest BCUT2D eigenvalue weighted by molar-refractivity contribution is 6.31. The van der Waals surface area contributed by atoms with Crippen LogP contribution in [-0.2, 0) is 6.42 Å². The molecule has 116 valence electrons. The van der Waals surface area contributed by atoms with E-state index in [4.69, 9.17) is 11.6 Å². The average molecular weight is 326 g/mol. The van der Waals surface area contributed by atoms with Gasteiger partial charge < -0.3 is 5.32 Å². The van der Waals surface area contributed by atoms with Gasteiger partial charge in [0.25, 0.3) is 5.91 Å². The molecule has 1 amide bonds. The molecule has 23 heavy (non-hydrogen) atoms. The first kappa shape index (κ1) is 15.3. The Hall–Kier alpha value is -2.59. The highest BCUT2D eigenvalue weighted by atomic mass is 35.5. The minimum absolute atomic E-state index is 0.174. The van der Waals surface area contributed by atoms with Crippen molar-refractivity contribution in [1.29, 1.82) is 0 Å². The van der Waals surface area contributed by atoms with E-state index in [1.807, 2.05) is 54.6 Å². The van der Waals surface area contributed by atoms with Crippen LogP contribution in [0.1, 0.15) is 16.1 Å². The number of hydrogen-bond donors (Lipinski definition) is 2. The Balaban J connectivity index is 1.59. The first-order valence-corrected chi connectivity index (χ1v) is 7.74. The van der Waals surface area contributed by atoms with Crippen molar-refractivity contribution >= 4 is 17.5 Å². The van der Waals surface area contributed by atoms with Crippen molar-refractivity contribution in [1.82, 2.24) is 15.5 Å². The maximum Gasteiger partial charge on any atom is 0.269 e. The zero-order valence-electron chi connectivity index (χ0n) is 12.4. The van der Waals surface area contributed by atoms with Gasteiger partial charge in [-0.05, 0) is 24.1 Å². The molecule has 0 atom stereocenters. The number of aromatic nitrogens is 2. The van der Waals surface area contributed by atoms with Crippen molar-refractivity contribution in [3.8, 4) is 11.3 Å². The van der Waals surface area contributed by atoms with E-state index in [2.05, 4.69) is 15.5 Å². The number of rotatable bonds is 5. The van der Waals surface area contributed by atoms with Crippen molar-refractivity contribution < 1.29 is 4.79 Å². The lowest BCUT2D eigenvalue weighted by atomic mass is 10.1. The van der Waals surface area contributed by atoms with E-state index in [1.165, 1.54) is 0 Å². The quantitative estimate of drug-likeness (QED) is 0.751. The highest BCUT2D eigenvalue weighted by Gasteiger charge is 2.10. The van der Waals surface area contributed by atoms with Crippen LogP contribution in [0.15, 0.2) is 60.7 Å². The molecule has 1 aromatic heterocycles. The number of nitrogens with zero attached hydrogens (tertiary/aromatic N) is 1. The molecule has 3 rings (SSSR count). The predicted octanol–water partition coefficient (Wildman–Crippen LogP) is 3.70. The van der Waals surface area contributed by atoms with Crippen LogP contribution < -0.4 is 5.32 Å². The Bertz CT molecular complexity index is 799. The Kier molecular flexibility index (Phi) is 4.74. The summed E-state index contributed by atoms with van der Waals surface area (Å²) in [6, 6.07) is 19.1.